The lowest BCUT2D eigenvalue weighted by molar-refractivity contribution is -0.253. The quantitative estimate of drug-likeness (QED) is 0.0939. The minimum atomic E-state index is -0.876. The Morgan fingerprint density at radius 3 is 2.26 bits per heavy atom. The van der Waals surface area contributed by atoms with Gasteiger partial charge in [0, 0.05) is 63.1 Å². The van der Waals surface area contributed by atoms with Gasteiger partial charge in [-0.25, -0.2) is 0 Å². The van der Waals surface area contributed by atoms with Crippen molar-refractivity contribution in [3.05, 3.63) is 130 Å². The average molecular weight is 754 g/mol. The summed E-state index contributed by atoms with van der Waals surface area (Å²) in [6.45, 7) is 4.78. The van der Waals surface area contributed by atoms with E-state index in [-0.39, 0.29) is 30.6 Å². The first-order valence-corrected chi connectivity index (χ1v) is 19.5. The van der Waals surface area contributed by atoms with Crippen LogP contribution < -0.4 is 10.6 Å². The lowest BCUT2D eigenvalue weighted by atomic mass is 9.84. The molecule has 9 nitrogen and oxygen atoms in total. The zero-order chi connectivity index (χ0) is 37.9. The molecule has 0 saturated carbocycles. The van der Waals surface area contributed by atoms with Crippen molar-refractivity contribution in [3.63, 3.8) is 0 Å². The first-order valence-electron chi connectivity index (χ1n) is 19.1. The number of hydrogen-bond donors (Lipinski definition) is 4. The number of unbranched alkanes of at least 4 members (excludes halogenated alkanes) is 2. The Hall–Kier alpha value is -4.09. The molecule has 0 radical (unpaired) electrons. The number of halogens is 1. The molecule has 10 heteroatoms. The molecule has 2 fully saturated rings. The SMILES string of the molecule is CC(=O)NCCCCCC(=O)NCc1ccccc1-c1ccc([C@@H]2O[C@H](CN3CCC(O)(c4ccc(Cl)cc4)CC3)C[C@H](c3ccc(CO)cc3)O2)cc1. The van der Waals surface area contributed by atoms with E-state index < -0.39 is 11.9 Å². The Labute approximate surface area is 323 Å². The summed E-state index contributed by atoms with van der Waals surface area (Å²) in [6, 6.07) is 31.8. The van der Waals surface area contributed by atoms with Crippen molar-refractivity contribution in [1.29, 1.82) is 0 Å². The van der Waals surface area contributed by atoms with E-state index in [4.69, 9.17) is 21.1 Å². The second-order valence-electron chi connectivity index (χ2n) is 14.5. The van der Waals surface area contributed by atoms with Crippen LogP contribution in [0.25, 0.3) is 11.1 Å². The number of ether oxygens (including phenoxy) is 2. The Balaban J connectivity index is 1.10. The number of piperidine rings is 1. The molecule has 2 aliphatic rings. The molecule has 2 amide bonds. The number of carbonyl (C=O) groups excluding carboxylic acids is 2. The van der Waals surface area contributed by atoms with Gasteiger partial charge in [0.2, 0.25) is 11.8 Å². The van der Waals surface area contributed by atoms with Gasteiger partial charge in [0.05, 0.1) is 24.4 Å². The zero-order valence-corrected chi connectivity index (χ0v) is 31.8. The molecule has 4 aromatic carbocycles. The van der Waals surface area contributed by atoms with Gasteiger partial charge in [-0.3, -0.25) is 9.59 Å². The second kappa shape index (κ2) is 19.0. The van der Waals surface area contributed by atoms with Gasteiger partial charge in [-0.2, -0.15) is 0 Å². The van der Waals surface area contributed by atoms with E-state index in [1.165, 1.54) is 6.92 Å². The second-order valence-corrected chi connectivity index (χ2v) is 15.0. The van der Waals surface area contributed by atoms with Crippen LogP contribution in [0.3, 0.4) is 0 Å². The number of benzene rings is 4. The number of aliphatic hydroxyl groups is 2. The molecule has 0 spiro atoms. The van der Waals surface area contributed by atoms with Crippen LogP contribution in [0, 0.1) is 0 Å². The lowest BCUT2D eigenvalue weighted by Crippen LogP contribution is -2.46. The summed E-state index contributed by atoms with van der Waals surface area (Å²) in [7, 11) is 0. The number of rotatable bonds is 15. The highest BCUT2D eigenvalue weighted by molar-refractivity contribution is 6.30. The highest BCUT2D eigenvalue weighted by Crippen LogP contribution is 2.40. The normalized spacial score (nSPS) is 20.0. The summed E-state index contributed by atoms with van der Waals surface area (Å²) in [5, 5.41) is 27.6. The third-order valence-electron chi connectivity index (χ3n) is 10.6. The number of amides is 2. The van der Waals surface area contributed by atoms with Crippen LogP contribution in [0.1, 0.15) is 92.1 Å². The van der Waals surface area contributed by atoms with Crippen LogP contribution >= 0.6 is 11.6 Å². The van der Waals surface area contributed by atoms with E-state index in [0.717, 1.165) is 77.8 Å². The molecule has 3 atom stereocenters. The molecule has 2 heterocycles. The molecule has 54 heavy (non-hydrogen) atoms. The Morgan fingerprint density at radius 1 is 0.852 bits per heavy atom. The molecule has 6 rings (SSSR count). The summed E-state index contributed by atoms with van der Waals surface area (Å²) in [5.41, 5.74) is 5.95. The van der Waals surface area contributed by atoms with Crippen molar-refractivity contribution in [3.8, 4) is 11.1 Å². The molecule has 2 saturated heterocycles. The summed E-state index contributed by atoms with van der Waals surface area (Å²) in [4.78, 5) is 26.0. The molecular formula is C44H52ClN3O6. The predicted molar refractivity (Wildman–Crippen MR) is 210 cm³/mol. The molecule has 0 aliphatic carbocycles. The van der Waals surface area contributed by atoms with Gasteiger partial charge in [0.25, 0.3) is 0 Å². The third-order valence-corrected chi connectivity index (χ3v) is 10.8. The number of carbonyl (C=O) groups is 2. The van der Waals surface area contributed by atoms with Crippen LogP contribution in [0.5, 0.6) is 0 Å². The number of nitrogens with zero attached hydrogens (tertiary/aromatic N) is 1. The van der Waals surface area contributed by atoms with E-state index in [9.17, 15) is 19.8 Å². The average Bonchev–Trinajstić information content (AvgIpc) is 3.19. The molecule has 4 aromatic rings. The summed E-state index contributed by atoms with van der Waals surface area (Å²) in [6.07, 6.45) is 4.03. The van der Waals surface area contributed by atoms with E-state index in [2.05, 4.69) is 45.9 Å². The highest BCUT2D eigenvalue weighted by atomic mass is 35.5. The van der Waals surface area contributed by atoms with Crippen molar-refractivity contribution >= 4 is 23.4 Å². The van der Waals surface area contributed by atoms with Crippen LogP contribution in [0.15, 0.2) is 97.1 Å². The fourth-order valence-electron chi connectivity index (χ4n) is 7.39. The van der Waals surface area contributed by atoms with Crippen molar-refractivity contribution in [1.82, 2.24) is 15.5 Å². The van der Waals surface area contributed by atoms with E-state index in [1.807, 2.05) is 66.7 Å². The topological polar surface area (TPSA) is 120 Å². The lowest BCUT2D eigenvalue weighted by Gasteiger charge is -2.42. The molecule has 0 unspecified atom stereocenters. The van der Waals surface area contributed by atoms with Gasteiger partial charge >= 0.3 is 0 Å². The van der Waals surface area contributed by atoms with Crippen molar-refractivity contribution in [2.45, 2.75) is 89.1 Å². The van der Waals surface area contributed by atoms with E-state index in [0.29, 0.717) is 43.8 Å². The summed E-state index contributed by atoms with van der Waals surface area (Å²) >= 11 is 6.10. The number of nitrogens with one attached hydrogen (secondary N) is 2. The van der Waals surface area contributed by atoms with Gasteiger partial charge < -0.3 is 35.2 Å². The molecule has 0 bridgehead atoms. The fourth-order valence-corrected chi connectivity index (χ4v) is 7.51. The van der Waals surface area contributed by atoms with Crippen LogP contribution in [0.2, 0.25) is 5.02 Å². The van der Waals surface area contributed by atoms with Crippen molar-refractivity contribution in [2.24, 2.45) is 0 Å². The van der Waals surface area contributed by atoms with Gasteiger partial charge in [0.15, 0.2) is 6.29 Å². The maximum atomic E-state index is 12.6. The van der Waals surface area contributed by atoms with Gasteiger partial charge in [-0.15, -0.1) is 0 Å². The van der Waals surface area contributed by atoms with Crippen molar-refractivity contribution < 1.29 is 29.3 Å². The van der Waals surface area contributed by atoms with Crippen LogP contribution in [0.4, 0.5) is 0 Å². The first-order chi connectivity index (χ1) is 26.2. The first kappa shape index (κ1) is 39.6. The van der Waals surface area contributed by atoms with Gasteiger partial charge in [-0.05, 0) is 71.2 Å². The minimum absolute atomic E-state index is 0.0124. The predicted octanol–water partition coefficient (Wildman–Crippen LogP) is 7.34. The zero-order valence-electron chi connectivity index (χ0n) is 31.0. The van der Waals surface area contributed by atoms with Gasteiger partial charge in [0.1, 0.15) is 0 Å². The monoisotopic (exact) mass is 753 g/mol. The smallest absolute Gasteiger partial charge is 0.220 e. The Bertz CT molecular complexity index is 1810. The van der Waals surface area contributed by atoms with Gasteiger partial charge in [-0.1, -0.05) is 103 Å². The maximum Gasteiger partial charge on any atom is 0.220 e. The molecule has 4 N–H and O–H groups in total. The largest absolute Gasteiger partial charge is 0.392 e. The number of likely N-dealkylation sites (tertiary alicyclic amines) is 1. The fraction of sp³-hybridized carbons (Fsp3) is 0.409. The Kier molecular flexibility index (Phi) is 13.9. The maximum absolute atomic E-state index is 12.6. The summed E-state index contributed by atoms with van der Waals surface area (Å²) in [5.74, 6) is -0.0141. The molecular weight excluding hydrogens is 702 g/mol. The Morgan fingerprint density at radius 2 is 1.56 bits per heavy atom. The van der Waals surface area contributed by atoms with Crippen LogP contribution in [-0.4, -0.2) is 59.2 Å². The van der Waals surface area contributed by atoms with Crippen LogP contribution in [-0.2, 0) is 37.8 Å². The number of aliphatic hydroxyl groups excluding tert-OH is 1. The molecule has 0 aromatic heterocycles. The van der Waals surface area contributed by atoms with E-state index in [1.54, 1.807) is 0 Å². The highest BCUT2D eigenvalue weighted by Gasteiger charge is 2.37. The third kappa shape index (κ3) is 10.8. The molecule has 286 valence electrons. The standard InChI is InChI=1S/C44H52ClN3O6/c1-31(50)46-24-6-2-3-9-42(51)47-28-36-7-4-5-8-40(36)33-14-16-35(17-15-33)43-53-39(27-41(54-43)34-12-10-32(30-49)11-13-34)29-48-25-22-44(52,23-26-48)37-18-20-38(45)21-19-37/h4-5,7-8,10-21,39,41,43,49,52H,2-3,6,9,22-30H2,1H3,(H,46,50)(H,47,51)/t39-,41+,43+/m0/s1. The van der Waals surface area contributed by atoms with Crippen molar-refractivity contribution in [2.75, 3.05) is 26.2 Å². The number of hydrogen-bond acceptors (Lipinski definition) is 7. The summed E-state index contributed by atoms with van der Waals surface area (Å²) < 4.78 is 13.3. The molecule has 2 aliphatic heterocycles. The van der Waals surface area contributed by atoms with E-state index >= 15 is 0 Å². The minimum Gasteiger partial charge on any atom is -0.392 e.